The third kappa shape index (κ3) is 5.29. The molecule has 2 heterocycles. The number of benzene rings is 1. The number of nitrogens with one attached hydrogen (secondary N) is 2. The highest BCUT2D eigenvalue weighted by Gasteiger charge is 2.09. The molecule has 1 aromatic carbocycles. The predicted octanol–water partition coefficient (Wildman–Crippen LogP) is 2.44. The van der Waals surface area contributed by atoms with Gasteiger partial charge in [-0.25, -0.2) is 4.99 Å². The Labute approximate surface area is 164 Å². The van der Waals surface area contributed by atoms with E-state index in [1.165, 1.54) is 0 Å². The second-order valence-corrected chi connectivity index (χ2v) is 5.91. The molecule has 0 aliphatic rings. The number of rotatable bonds is 8. The summed E-state index contributed by atoms with van der Waals surface area (Å²) in [6.07, 6.45) is 2.30. The van der Waals surface area contributed by atoms with Gasteiger partial charge in [-0.15, -0.1) is 0 Å². The van der Waals surface area contributed by atoms with Crippen molar-refractivity contribution in [2.75, 3.05) is 20.2 Å². The van der Waals surface area contributed by atoms with Crippen LogP contribution in [0.5, 0.6) is 5.75 Å². The molecule has 0 saturated carbocycles. The summed E-state index contributed by atoms with van der Waals surface area (Å²) in [7, 11) is 1.66. The second-order valence-electron chi connectivity index (χ2n) is 5.91. The Balaban J connectivity index is 1.56. The molecule has 0 aliphatic carbocycles. The van der Waals surface area contributed by atoms with E-state index in [0.29, 0.717) is 36.9 Å². The zero-order valence-corrected chi connectivity index (χ0v) is 16.1. The fraction of sp³-hybridized carbons (Fsp3) is 0.300. The Morgan fingerprint density at radius 1 is 1.14 bits per heavy atom. The van der Waals surface area contributed by atoms with E-state index in [2.05, 4.69) is 30.8 Å². The first-order valence-corrected chi connectivity index (χ1v) is 9.18. The molecule has 2 N–H and O–H groups in total. The molecule has 8 nitrogen and oxygen atoms in total. The van der Waals surface area contributed by atoms with E-state index < -0.39 is 0 Å². The van der Waals surface area contributed by atoms with Crippen LogP contribution in [0.25, 0.3) is 11.6 Å². The van der Waals surface area contributed by atoms with Gasteiger partial charge in [0.1, 0.15) is 11.4 Å². The number of guanidine groups is 1. The number of hydrogen-bond acceptors (Lipinski definition) is 6. The van der Waals surface area contributed by atoms with Gasteiger partial charge < -0.3 is 19.9 Å². The fourth-order valence-electron chi connectivity index (χ4n) is 2.58. The normalized spacial score (nSPS) is 11.3. The number of ether oxygens (including phenoxy) is 1. The van der Waals surface area contributed by atoms with Crippen molar-refractivity contribution in [1.82, 2.24) is 25.8 Å². The maximum atomic E-state index is 5.37. The molecule has 0 atom stereocenters. The molecular weight excluding hydrogens is 356 g/mol. The van der Waals surface area contributed by atoms with Gasteiger partial charge in [0.05, 0.1) is 13.7 Å². The number of aliphatic imine (C=N–C) groups is 1. The molecule has 0 aliphatic heterocycles. The Bertz CT molecular complexity index is 894. The first kappa shape index (κ1) is 19.3. The lowest BCUT2D eigenvalue weighted by Gasteiger charge is -2.11. The molecular formula is C20H24N6O2. The number of hydrogen-bond donors (Lipinski definition) is 2. The Hall–Kier alpha value is -3.42. The lowest BCUT2D eigenvalue weighted by Crippen LogP contribution is -2.38. The van der Waals surface area contributed by atoms with Crippen molar-refractivity contribution in [2.24, 2.45) is 4.99 Å². The van der Waals surface area contributed by atoms with Crippen molar-refractivity contribution in [3.63, 3.8) is 0 Å². The molecule has 0 unspecified atom stereocenters. The summed E-state index contributed by atoms with van der Waals surface area (Å²) >= 11 is 0. The van der Waals surface area contributed by atoms with Crippen LogP contribution in [0.1, 0.15) is 18.3 Å². The Morgan fingerprint density at radius 2 is 2.00 bits per heavy atom. The van der Waals surface area contributed by atoms with Crippen molar-refractivity contribution in [2.45, 2.75) is 19.9 Å². The van der Waals surface area contributed by atoms with E-state index >= 15 is 0 Å². The number of nitrogens with zero attached hydrogens (tertiary/aromatic N) is 4. The Morgan fingerprint density at radius 3 is 2.79 bits per heavy atom. The molecule has 0 fully saturated rings. The maximum Gasteiger partial charge on any atom is 0.276 e. The monoisotopic (exact) mass is 380 g/mol. The minimum absolute atomic E-state index is 0.423. The summed E-state index contributed by atoms with van der Waals surface area (Å²) in [5.74, 6) is 2.60. The molecule has 0 bridgehead atoms. The topological polar surface area (TPSA) is 97.5 Å². The largest absolute Gasteiger partial charge is 0.496 e. The summed E-state index contributed by atoms with van der Waals surface area (Å²) in [6, 6.07) is 13.4. The van der Waals surface area contributed by atoms with Crippen LogP contribution in [0.4, 0.5) is 0 Å². The predicted molar refractivity (Wildman–Crippen MR) is 107 cm³/mol. The highest BCUT2D eigenvalue weighted by Crippen LogP contribution is 2.18. The quantitative estimate of drug-likeness (QED) is 0.457. The number of pyridine rings is 1. The van der Waals surface area contributed by atoms with Gasteiger partial charge in [0, 0.05) is 31.3 Å². The van der Waals surface area contributed by atoms with E-state index in [0.717, 1.165) is 23.8 Å². The molecule has 8 heteroatoms. The standard InChI is InChI=1S/C20H24N6O2/c1-3-21-20(24-14-15-8-4-5-10-17(15)27-2)23-13-11-18-25-19(28-26-18)16-9-6-7-12-22-16/h4-10,12H,3,11,13-14H2,1-2H3,(H2,21,23,24). The minimum Gasteiger partial charge on any atom is -0.496 e. The van der Waals surface area contributed by atoms with E-state index in [4.69, 9.17) is 9.26 Å². The summed E-state index contributed by atoms with van der Waals surface area (Å²) in [4.78, 5) is 13.2. The van der Waals surface area contributed by atoms with Crippen molar-refractivity contribution < 1.29 is 9.26 Å². The van der Waals surface area contributed by atoms with Crippen LogP contribution in [-0.4, -0.2) is 41.3 Å². The molecule has 0 spiro atoms. The highest BCUT2D eigenvalue weighted by atomic mass is 16.5. The average Bonchev–Trinajstić information content (AvgIpc) is 3.22. The molecule has 146 valence electrons. The van der Waals surface area contributed by atoms with Crippen LogP contribution in [0, 0.1) is 0 Å². The van der Waals surface area contributed by atoms with E-state index in [1.807, 2.05) is 49.4 Å². The lowest BCUT2D eigenvalue weighted by atomic mass is 10.2. The SMILES string of the molecule is CCNC(=NCc1ccccc1OC)NCCc1noc(-c2ccccn2)n1. The van der Waals surface area contributed by atoms with Gasteiger partial charge in [0.2, 0.25) is 0 Å². The smallest absolute Gasteiger partial charge is 0.276 e. The third-order valence-corrected chi connectivity index (χ3v) is 3.94. The van der Waals surface area contributed by atoms with E-state index in [9.17, 15) is 0 Å². The van der Waals surface area contributed by atoms with E-state index in [1.54, 1.807) is 13.3 Å². The number of aromatic nitrogens is 3. The van der Waals surface area contributed by atoms with Crippen molar-refractivity contribution in [1.29, 1.82) is 0 Å². The zero-order chi connectivity index (χ0) is 19.6. The molecule has 0 radical (unpaired) electrons. The minimum atomic E-state index is 0.423. The van der Waals surface area contributed by atoms with Crippen molar-refractivity contribution >= 4 is 5.96 Å². The van der Waals surface area contributed by atoms with Gasteiger partial charge in [-0.05, 0) is 25.1 Å². The maximum absolute atomic E-state index is 5.37. The summed E-state index contributed by atoms with van der Waals surface area (Å²) in [6.45, 7) is 3.94. The molecule has 3 rings (SSSR count). The molecule has 28 heavy (non-hydrogen) atoms. The van der Waals surface area contributed by atoms with Crippen LogP contribution in [0.15, 0.2) is 58.2 Å². The lowest BCUT2D eigenvalue weighted by molar-refractivity contribution is 0.410. The molecule has 2 aromatic heterocycles. The van der Waals surface area contributed by atoms with Crippen LogP contribution in [-0.2, 0) is 13.0 Å². The van der Waals surface area contributed by atoms with Crippen LogP contribution in [0.2, 0.25) is 0 Å². The highest BCUT2D eigenvalue weighted by molar-refractivity contribution is 5.79. The van der Waals surface area contributed by atoms with E-state index in [-0.39, 0.29) is 0 Å². The third-order valence-electron chi connectivity index (χ3n) is 3.94. The first-order chi connectivity index (χ1) is 13.8. The first-order valence-electron chi connectivity index (χ1n) is 9.18. The van der Waals surface area contributed by atoms with Gasteiger partial charge in [0.15, 0.2) is 11.8 Å². The molecule has 3 aromatic rings. The van der Waals surface area contributed by atoms with Crippen LogP contribution >= 0.6 is 0 Å². The summed E-state index contributed by atoms with van der Waals surface area (Å²) < 4.78 is 10.6. The molecule has 0 saturated heterocycles. The second kappa shape index (κ2) is 10.1. The van der Waals surface area contributed by atoms with Gasteiger partial charge in [-0.1, -0.05) is 29.4 Å². The van der Waals surface area contributed by atoms with Gasteiger partial charge in [0.25, 0.3) is 5.89 Å². The van der Waals surface area contributed by atoms with Crippen LogP contribution < -0.4 is 15.4 Å². The van der Waals surface area contributed by atoms with Crippen molar-refractivity contribution in [3.05, 3.63) is 60.0 Å². The number of methoxy groups -OCH3 is 1. The summed E-state index contributed by atoms with van der Waals surface area (Å²) in [5, 5.41) is 10.5. The van der Waals surface area contributed by atoms with Gasteiger partial charge in [-0.2, -0.15) is 4.98 Å². The fourth-order valence-corrected chi connectivity index (χ4v) is 2.58. The Kier molecular flexibility index (Phi) is 6.95. The average molecular weight is 380 g/mol. The molecule has 0 amide bonds. The van der Waals surface area contributed by atoms with Gasteiger partial charge >= 0.3 is 0 Å². The summed E-state index contributed by atoms with van der Waals surface area (Å²) in [5.41, 5.74) is 1.70. The van der Waals surface area contributed by atoms with Gasteiger partial charge in [-0.3, -0.25) is 4.98 Å². The number of para-hydroxylation sites is 1. The zero-order valence-electron chi connectivity index (χ0n) is 16.1. The van der Waals surface area contributed by atoms with Crippen molar-refractivity contribution in [3.8, 4) is 17.3 Å². The van der Waals surface area contributed by atoms with Crippen LogP contribution in [0.3, 0.4) is 0 Å².